The van der Waals surface area contributed by atoms with Crippen molar-refractivity contribution >= 4 is 5.91 Å². The van der Waals surface area contributed by atoms with Crippen LogP contribution in [0.25, 0.3) is 0 Å². The van der Waals surface area contributed by atoms with Gasteiger partial charge in [-0.1, -0.05) is 201 Å². The van der Waals surface area contributed by atoms with Crippen molar-refractivity contribution in [2.24, 2.45) is 0 Å². The summed E-state index contributed by atoms with van der Waals surface area (Å²) in [6.45, 7) is 17.0. The Morgan fingerprint density at radius 3 is 1.12 bits per heavy atom. The summed E-state index contributed by atoms with van der Waals surface area (Å²) in [5.41, 5.74) is 0. The highest BCUT2D eigenvalue weighted by atomic mass is 16.2. The molecule has 1 heterocycles. The van der Waals surface area contributed by atoms with Gasteiger partial charge in [0.2, 0.25) is 5.91 Å². The number of piperazine rings is 1. The van der Waals surface area contributed by atoms with Gasteiger partial charge in [-0.25, -0.2) is 0 Å². The quantitative estimate of drug-likeness (QED) is 0.0647. The second-order valence-corrected chi connectivity index (χ2v) is 16.1. The molecule has 0 aromatic heterocycles. The molecule has 5 nitrogen and oxygen atoms in total. The summed E-state index contributed by atoms with van der Waals surface area (Å²) in [6.07, 6.45) is 42.4. The van der Waals surface area contributed by atoms with Crippen LogP contribution < -0.4 is 5.32 Å². The fourth-order valence-electron chi connectivity index (χ4n) is 7.73. The lowest BCUT2D eigenvalue weighted by atomic mass is 10.1. The van der Waals surface area contributed by atoms with Crippen LogP contribution >= 0.6 is 0 Å². The van der Waals surface area contributed by atoms with Crippen molar-refractivity contribution in [3.63, 3.8) is 0 Å². The standard InChI is InChI=1S/C45H92N4O/c1-4-7-10-13-16-19-22-24-27-30-33-38-48(37-32-29-26-23-20-17-14-11-8-5-2)44-45(50)49(43-42-47-40-35-46-36-41-47)39-34-31-28-25-21-18-15-12-9-6-3/h46H,4-44H2,1-3H3. The SMILES string of the molecule is CCCCCCCCCCCCCN(CCCCCCCCCCCC)CC(=O)N(CCCCCCCCCCCC)CCN1CCNCC1. The fourth-order valence-corrected chi connectivity index (χ4v) is 7.73. The molecule has 1 rings (SSSR count). The summed E-state index contributed by atoms with van der Waals surface area (Å²) in [5.74, 6) is 0.395. The molecule has 0 radical (unpaired) electrons. The van der Waals surface area contributed by atoms with E-state index in [-0.39, 0.29) is 0 Å². The van der Waals surface area contributed by atoms with Crippen molar-refractivity contribution in [3.8, 4) is 0 Å². The third kappa shape index (κ3) is 30.9. The zero-order chi connectivity index (χ0) is 36.0. The van der Waals surface area contributed by atoms with Crippen LogP contribution in [-0.2, 0) is 4.79 Å². The smallest absolute Gasteiger partial charge is 0.236 e. The van der Waals surface area contributed by atoms with Gasteiger partial charge in [0.15, 0.2) is 0 Å². The number of amides is 1. The van der Waals surface area contributed by atoms with Gasteiger partial charge in [-0.3, -0.25) is 14.6 Å². The molecule has 1 fully saturated rings. The number of carbonyl (C=O) groups is 1. The largest absolute Gasteiger partial charge is 0.340 e. The van der Waals surface area contributed by atoms with Crippen molar-refractivity contribution in [2.75, 3.05) is 65.4 Å². The normalized spacial score (nSPS) is 13.8. The van der Waals surface area contributed by atoms with Crippen LogP contribution in [0.5, 0.6) is 0 Å². The van der Waals surface area contributed by atoms with Crippen LogP contribution in [0.4, 0.5) is 0 Å². The maximum Gasteiger partial charge on any atom is 0.236 e. The van der Waals surface area contributed by atoms with E-state index in [1.54, 1.807) is 0 Å². The van der Waals surface area contributed by atoms with E-state index in [4.69, 9.17) is 0 Å². The van der Waals surface area contributed by atoms with Crippen LogP contribution in [0, 0.1) is 0 Å². The van der Waals surface area contributed by atoms with Gasteiger partial charge < -0.3 is 10.2 Å². The molecule has 1 aliphatic rings. The highest BCUT2D eigenvalue weighted by Crippen LogP contribution is 2.15. The lowest BCUT2D eigenvalue weighted by Gasteiger charge is -2.32. The predicted octanol–water partition coefficient (Wildman–Crippen LogP) is 12.2. The Bertz CT molecular complexity index is 682. The Morgan fingerprint density at radius 2 is 0.760 bits per heavy atom. The summed E-state index contributed by atoms with van der Waals surface area (Å²) >= 11 is 0. The molecule has 1 N–H and O–H groups in total. The molecule has 0 bridgehead atoms. The van der Waals surface area contributed by atoms with E-state index in [1.807, 2.05) is 0 Å². The highest BCUT2D eigenvalue weighted by molar-refractivity contribution is 5.78. The Morgan fingerprint density at radius 1 is 0.440 bits per heavy atom. The lowest BCUT2D eigenvalue weighted by Crippen LogP contribution is -2.48. The van der Waals surface area contributed by atoms with Crippen LogP contribution in [0.15, 0.2) is 0 Å². The van der Waals surface area contributed by atoms with Gasteiger partial charge in [-0.15, -0.1) is 0 Å². The molecule has 0 atom stereocenters. The maximum absolute atomic E-state index is 14.0. The van der Waals surface area contributed by atoms with E-state index in [1.165, 1.54) is 199 Å². The zero-order valence-corrected chi connectivity index (χ0v) is 34.7. The van der Waals surface area contributed by atoms with Crippen molar-refractivity contribution in [1.29, 1.82) is 0 Å². The highest BCUT2D eigenvalue weighted by Gasteiger charge is 2.19. The van der Waals surface area contributed by atoms with Gasteiger partial charge >= 0.3 is 0 Å². The molecule has 0 spiro atoms. The van der Waals surface area contributed by atoms with E-state index in [0.717, 1.165) is 58.9 Å². The molecular weight excluding hydrogens is 613 g/mol. The Hall–Kier alpha value is -0.650. The van der Waals surface area contributed by atoms with Crippen molar-refractivity contribution in [1.82, 2.24) is 20.0 Å². The van der Waals surface area contributed by atoms with E-state index in [0.29, 0.717) is 12.5 Å². The number of nitrogens with zero attached hydrogens (tertiary/aromatic N) is 3. The monoisotopic (exact) mass is 705 g/mol. The first-order valence-corrected chi connectivity index (χ1v) is 23.1. The second-order valence-electron chi connectivity index (χ2n) is 16.1. The number of nitrogens with one attached hydrogen (secondary N) is 1. The van der Waals surface area contributed by atoms with Crippen molar-refractivity contribution in [2.45, 2.75) is 220 Å². The number of rotatable bonds is 39. The first-order valence-electron chi connectivity index (χ1n) is 23.1. The van der Waals surface area contributed by atoms with Gasteiger partial charge in [-0.05, 0) is 32.4 Å². The summed E-state index contributed by atoms with van der Waals surface area (Å²) in [4.78, 5) is 21.3. The average Bonchev–Trinajstić information content (AvgIpc) is 3.13. The van der Waals surface area contributed by atoms with Gasteiger partial charge in [0, 0.05) is 45.8 Å². The number of hydrogen-bond acceptors (Lipinski definition) is 4. The van der Waals surface area contributed by atoms with E-state index in [2.05, 4.69) is 40.8 Å². The molecule has 50 heavy (non-hydrogen) atoms. The van der Waals surface area contributed by atoms with E-state index in [9.17, 15) is 4.79 Å². The molecule has 298 valence electrons. The summed E-state index contributed by atoms with van der Waals surface area (Å²) < 4.78 is 0. The molecule has 0 saturated carbocycles. The van der Waals surface area contributed by atoms with Crippen LogP contribution in [0.1, 0.15) is 220 Å². The summed E-state index contributed by atoms with van der Waals surface area (Å²) in [7, 11) is 0. The first kappa shape index (κ1) is 47.4. The Balaban J connectivity index is 2.53. The molecule has 0 aromatic carbocycles. The van der Waals surface area contributed by atoms with Gasteiger partial charge in [-0.2, -0.15) is 0 Å². The van der Waals surface area contributed by atoms with E-state index >= 15 is 0 Å². The molecule has 5 heteroatoms. The average molecular weight is 705 g/mol. The summed E-state index contributed by atoms with van der Waals surface area (Å²) in [6, 6.07) is 0. The zero-order valence-electron chi connectivity index (χ0n) is 34.7. The number of unbranched alkanes of at least 4 members (excludes halogenated alkanes) is 28. The lowest BCUT2D eigenvalue weighted by molar-refractivity contribution is -0.132. The predicted molar refractivity (Wildman–Crippen MR) is 222 cm³/mol. The molecule has 0 unspecified atom stereocenters. The number of hydrogen-bond donors (Lipinski definition) is 1. The fraction of sp³-hybridized carbons (Fsp3) is 0.978. The van der Waals surface area contributed by atoms with Gasteiger partial charge in [0.1, 0.15) is 0 Å². The van der Waals surface area contributed by atoms with Crippen LogP contribution in [-0.4, -0.2) is 86.1 Å². The van der Waals surface area contributed by atoms with Crippen LogP contribution in [0.3, 0.4) is 0 Å². The molecular formula is C45H92N4O. The van der Waals surface area contributed by atoms with Gasteiger partial charge in [0.05, 0.1) is 6.54 Å². The molecule has 1 amide bonds. The van der Waals surface area contributed by atoms with Crippen molar-refractivity contribution in [3.05, 3.63) is 0 Å². The third-order valence-electron chi connectivity index (χ3n) is 11.3. The Kier molecular flexibility index (Phi) is 36.1. The minimum atomic E-state index is 0.395. The van der Waals surface area contributed by atoms with Gasteiger partial charge in [0.25, 0.3) is 0 Å². The van der Waals surface area contributed by atoms with Crippen LogP contribution in [0.2, 0.25) is 0 Å². The van der Waals surface area contributed by atoms with E-state index < -0.39 is 0 Å². The topological polar surface area (TPSA) is 38.8 Å². The molecule has 0 aromatic rings. The minimum absolute atomic E-state index is 0.395. The molecule has 0 aliphatic carbocycles. The third-order valence-corrected chi connectivity index (χ3v) is 11.3. The molecule has 1 aliphatic heterocycles. The number of carbonyl (C=O) groups excluding carboxylic acids is 1. The Labute approximate surface area is 315 Å². The minimum Gasteiger partial charge on any atom is -0.340 e. The first-order chi connectivity index (χ1) is 24.7. The maximum atomic E-state index is 14.0. The molecule has 1 saturated heterocycles. The summed E-state index contributed by atoms with van der Waals surface area (Å²) in [5, 5.41) is 3.49. The second kappa shape index (κ2) is 38.1. The van der Waals surface area contributed by atoms with Crippen molar-refractivity contribution < 1.29 is 4.79 Å².